The van der Waals surface area contributed by atoms with Crippen LogP contribution in [0.3, 0.4) is 0 Å². The molecule has 0 amide bonds. The Balaban J connectivity index is 0.00000144. The summed E-state index contributed by atoms with van der Waals surface area (Å²) in [5.74, 6) is 0. The largest absolute Gasteiger partial charge is 0.380 e. The summed E-state index contributed by atoms with van der Waals surface area (Å²) in [6, 6.07) is 0.454. The molecular formula is C9H17BNOY-. The Labute approximate surface area is 108 Å². The molecular weight excluding hydrogens is 238 g/mol. The molecule has 0 aromatic carbocycles. The molecule has 0 N–H and O–H groups in total. The van der Waals surface area contributed by atoms with Gasteiger partial charge in [-0.05, 0) is 19.4 Å². The van der Waals surface area contributed by atoms with Gasteiger partial charge in [0, 0.05) is 45.4 Å². The summed E-state index contributed by atoms with van der Waals surface area (Å²) in [5.41, 5.74) is 0. The average molecular weight is 255 g/mol. The molecule has 3 radical (unpaired) electrons. The van der Waals surface area contributed by atoms with Crippen molar-refractivity contribution in [1.29, 1.82) is 0 Å². The maximum atomic E-state index is 5.73. The zero-order valence-electron chi connectivity index (χ0n) is 8.24. The number of ether oxygens (including phenoxy) is 1. The quantitative estimate of drug-likeness (QED) is 0.415. The topological polar surface area (TPSA) is 12.5 Å². The molecule has 13 heavy (non-hydrogen) atoms. The van der Waals surface area contributed by atoms with E-state index in [0.29, 0.717) is 6.04 Å². The van der Waals surface area contributed by atoms with Crippen LogP contribution in [0, 0.1) is 6.92 Å². The number of unbranched alkanes of at least 4 members (excludes halogenated alkanes) is 1. The van der Waals surface area contributed by atoms with Gasteiger partial charge in [0.15, 0.2) is 7.98 Å². The molecule has 1 fully saturated rings. The van der Waals surface area contributed by atoms with E-state index in [1.54, 1.807) is 0 Å². The second kappa shape index (κ2) is 8.40. The average Bonchev–Trinajstić information content (AvgIpc) is 2.46. The van der Waals surface area contributed by atoms with Gasteiger partial charge in [-0.3, -0.25) is 0 Å². The predicted molar refractivity (Wildman–Crippen MR) is 50.9 cm³/mol. The van der Waals surface area contributed by atoms with E-state index in [-0.39, 0.29) is 32.7 Å². The second-order valence-corrected chi connectivity index (χ2v) is 3.32. The zero-order chi connectivity index (χ0) is 8.81. The molecule has 1 aliphatic rings. The van der Waals surface area contributed by atoms with Gasteiger partial charge in [0.25, 0.3) is 0 Å². The summed E-state index contributed by atoms with van der Waals surface area (Å²) in [7, 11) is 5.73. The summed E-state index contributed by atoms with van der Waals surface area (Å²) in [6.45, 7) is 6.39. The first-order valence-electron chi connectivity index (χ1n) is 4.73. The molecule has 0 aliphatic carbocycles. The van der Waals surface area contributed by atoms with Crippen LogP contribution in [0.15, 0.2) is 0 Å². The molecule has 0 spiro atoms. The first-order valence-corrected chi connectivity index (χ1v) is 4.73. The van der Waals surface area contributed by atoms with Crippen molar-refractivity contribution < 1.29 is 37.4 Å². The molecule has 0 saturated carbocycles. The molecule has 4 heteroatoms. The van der Waals surface area contributed by atoms with E-state index in [1.165, 1.54) is 12.8 Å². The van der Waals surface area contributed by atoms with E-state index in [2.05, 4.69) is 6.92 Å². The Hall–Kier alpha value is 1.09. The zero-order valence-corrected chi connectivity index (χ0v) is 11.1. The maximum absolute atomic E-state index is 5.73. The summed E-state index contributed by atoms with van der Waals surface area (Å²) in [6.07, 6.45) is 4.40. The molecule has 1 unspecified atom stereocenters. The molecule has 1 aliphatic heterocycles. The van der Waals surface area contributed by atoms with Crippen LogP contribution in [0.5, 0.6) is 0 Å². The Morgan fingerprint density at radius 2 is 2.31 bits per heavy atom. The Kier molecular flexibility index (Phi) is 9.11. The summed E-state index contributed by atoms with van der Waals surface area (Å²) >= 11 is 0. The fourth-order valence-electron chi connectivity index (χ4n) is 1.46. The minimum Gasteiger partial charge on any atom is -0.380 e. The Bertz CT molecular complexity index is 126. The molecule has 1 saturated heterocycles. The van der Waals surface area contributed by atoms with Crippen LogP contribution in [-0.4, -0.2) is 38.6 Å². The standard InChI is InChI=1S/C9H17BNO.Y/c1-2-3-7-12-8-9-5-4-6-11(9)10;/h9H,1-8H2;/q-1;. The van der Waals surface area contributed by atoms with Crippen molar-refractivity contribution in [3.05, 3.63) is 6.92 Å². The summed E-state index contributed by atoms with van der Waals surface area (Å²) in [4.78, 5) is 1.89. The van der Waals surface area contributed by atoms with Crippen LogP contribution in [0.4, 0.5) is 0 Å². The van der Waals surface area contributed by atoms with Gasteiger partial charge in [-0.2, -0.15) is 6.42 Å². The van der Waals surface area contributed by atoms with Crippen molar-refractivity contribution in [3.8, 4) is 0 Å². The van der Waals surface area contributed by atoms with Crippen LogP contribution in [-0.2, 0) is 37.4 Å². The van der Waals surface area contributed by atoms with E-state index < -0.39 is 0 Å². The van der Waals surface area contributed by atoms with Crippen LogP contribution in [0.25, 0.3) is 0 Å². The third kappa shape index (κ3) is 5.51. The van der Waals surface area contributed by atoms with Crippen LogP contribution < -0.4 is 0 Å². The smallest absolute Gasteiger partial charge is 0.182 e. The van der Waals surface area contributed by atoms with Gasteiger partial charge >= 0.3 is 0 Å². The summed E-state index contributed by atoms with van der Waals surface area (Å²) in [5, 5.41) is 0. The van der Waals surface area contributed by atoms with Crippen molar-refractivity contribution in [3.63, 3.8) is 0 Å². The van der Waals surface area contributed by atoms with E-state index in [1.807, 2.05) is 4.81 Å². The normalized spacial score (nSPS) is 23.0. The molecule has 1 atom stereocenters. The van der Waals surface area contributed by atoms with E-state index >= 15 is 0 Å². The molecule has 0 aromatic heterocycles. The van der Waals surface area contributed by atoms with Gasteiger partial charge in [-0.1, -0.05) is 6.42 Å². The van der Waals surface area contributed by atoms with E-state index in [9.17, 15) is 0 Å². The first-order chi connectivity index (χ1) is 5.84. The second-order valence-electron chi connectivity index (χ2n) is 3.32. The van der Waals surface area contributed by atoms with Gasteiger partial charge in [0.1, 0.15) is 0 Å². The molecule has 71 valence electrons. The molecule has 0 bridgehead atoms. The van der Waals surface area contributed by atoms with Crippen molar-refractivity contribution in [1.82, 2.24) is 4.81 Å². The van der Waals surface area contributed by atoms with Gasteiger partial charge < -0.3 is 16.5 Å². The SMILES string of the molecule is [B]N1CCCC1COCCC[CH2-].[Y]. The van der Waals surface area contributed by atoms with Gasteiger partial charge in [0.2, 0.25) is 0 Å². The number of rotatable bonds is 5. The van der Waals surface area contributed by atoms with Crippen molar-refractivity contribution in [2.75, 3.05) is 19.8 Å². The van der Waals surface area contributed by atoms with E-state index in [4.69, 9.17) is 12.7 Å². The Morgan fingerprint density at radius 3 is 2.85 bits per heavy atom. The molecule has 2 nitrogen and oxygen atoms in total. The molecule has 1 rings (SSSR count). The monoisotopic (exact) mass is 255 g/mol. The van der Waals surface area contributed by atoms with Crippen molar-refractivity contribution >= 4 is 7.98 Å². The fraction of sp³-hybridized carbons (Fsp3) is 0.889. The maximum Gasteiger partial charge on any atom is 0.182 e. The Morgan fingerprint density at radius 1 is 1.54 bits per heavy atom. The third-order valence-corrected chi connectivity index (χ3v) is 2.27. The van der Waals surface area contributed by atoms with Crippen LogP contribution in [0.2, 0.25) is 0 Å². The number of nitrogens with zero attached hydrogens (tertiary/aromatic N) is 1. The van der Waals surface area contributed by atoms with Crippen molar-refractivity contribution in [2.24, 2.45) is 0 Å². The summed E-state index contributed by atoms with van der Waals surface area (Å²) < 4.78 is 5.47. The van der Waals surface area contributed by atoms with Crippen molar-refractivity contribution in [2.45, 2.75) is 31.7 Å². The van der Waals surface area contributed by atoms with Crippen LogP contribution >= 0.6 is 0 Å². The van der Waals surface area contributed by atoms with Gasteiger partial charge in [-0.15, -0.1) is 0 Å². The van der Waals surface area contributed by atoms with Gasteiger partial charge in [0.05, 0.1) is 6.61 Å². The van der Waals surface area contributed by atoms with E-state index in [0.717, 1.165) is 32.6 Å². The number of hydrogen-bond donors (Lipinski definition) is 0. The minimum absolute atomic E-state index is 0. The fourth-order valence-corrected chi connectivity index (χ4v) is 1.46. The molecule has 1 heterocycles. The number of hydrogen-bond acceptors (Lipinski definition) is 2. The minimum atomic E-state index is 0. The predicted octanol–water partition coefficient (Wildman–Crippen LogP) is 1.16. The van der Waals surface area contributed by atoms with Gasteiger partial charge in [-0.25, -0.2) is 0 Å². The third-order valence-electron chi connectivity index (χ3n) is 2.27. The van der Waals surface area contributed by atoms with Crippen LogP contribution in [0.1, 0.15) is 25.7 Å². The molecule has 0 aromatic rings. The first kappa shape index (κ1) is 14.1.